The fourth-order valence-electron chi connectivity index (χ4n) is 10.8. The van der Waals surface area contributed by atoms with Gasteiger partial charge in [-0.1, -0.05) is 48.5 Å². The number of carbonyl (C=O) groups is 3. The Kier molecular flexibility index (Phi) is 4.90. The first-order valence-corrected chi connectivity index (χ1v) is 13.7. The first-order chi connectivity index (χ1) is 15.2. The van der Waals surface area contributed by atoms with Gasteiger partial charge in [0, 0.05) is 18.8 Å². The SMILES string of the molecule is CC1C(=O)CCC2C3(C)CCC4(C)C5CC(C)(C)CCC5(C)CCC4(C)C3CC(=O)C12C=O. The van der Waals surface area contributed by atoms with Crippen molar-refractivity contribution in [2.75, 3.05) is 0 Å². The summed E-state index contributed by atoms with van der Waals surface area (Å²) in [5.41, 5.74) is -0.00197. The first kappa shape index (κ1) is 23.7. The van der Waals surface area contributed by atoms with Gasteiger partial charge in [-0.05, 0) is 96.2 Å². The number of carbonyl (C=O) groups excluding carboxylic acids is 3. The van der Waals surface area contributed by atoms with E-state index in [2.05, 4.69) is 41.5 Å². The average molecular weight is 455 g/mol. The minimum absolute atomic E-state index is 0.0129. The molecule has 0 bridgehead atoms. The van der Waals surface area contributed by atoms with Crippen LogP contribution in [0.15, 0.2) is 0 Å². The van der Waals surface area contributed by atoms with Crippen molar-refractivity contribution >= 4 is 17.9 Å². The molecule has 0 amide bonds. The van der Waals surface area contributed by atoms with Crippen LogP contribution in [-0.4, -0.2) is 17.9 Å². The Balaban J connectivity index is 1.60. The van der Waals surface area contributed by atoms with Crippen LogP contribution >= 0.6 is 0 Å². The Hall–Kier alpha value is -0.990. The molecule has 0 radical (unpaired) electrons. The molecule has 5 rings (SSSR count). The molecule has 0 N–H and O–H groups in total. The summed E-state index contributed by atoms with van der Waals surface area (Å²) < 4.78 is 0. The van der Waals surface area contributed by atoms with Crippen LogP contribution in [0.4, 0.5) is 0 Å². The number of aldehydes is 1. The molecule has 3 nitrogen and oxygen atoms in total. The second kappa shape index (κ2) is 6.82. The van der Waals surface area contributed by atoms with Gasteiger partial charge in [-0.3, -0.25) is 9.59 Å². The van der Waals surface area contributed by atoms with Gasteiger partial charge < -0.3 is 4.79 Å². The van der Waals surface area contributed by atoms with E-state index >= 15 is 0 Å². The van der Waals surface area contributed by atoms with Crippen LogP contribution in [0.2, 0.25) is 0 Å². The summed E-state index contributed by atoms with van der Waals surface area (Å²) in [6, 6.07) is 0. The van der Waals surface area contributed by atoms with Crippen LogP contribution in [0.25, 0.3) is 0 Å². The Labute approximate surface area is 201 Å². The van der Waals surface area contributed by atoms with Gasteiger partial charge in [0.15, 0.2) is 0 Å². The van der Waals surface area contributed by atoms with E-state index < -0.39 is 11.3 Å². The molecule has 0 aromatic heterocycles. The minimum atomic E-state index is -1.08. The van der Waals surface area contributed by atoms with Gasteiger partial charge in [-0.2, -0.15) is 0 Å². The van der Waals surface area contributed by atoms with Crippen LogP contribution < -0.4 is 0 Å². The molecule has 33 heavy (non-hydrogen) atoms. The Morgan fingerprint density at radius 2 is 1.39 bits per heavy atom. The van der Waals surface area contributed by atoms with Crippen LogP contribution in [0.3, 0.4) is 0 Å². The molecule has 0 heterocycles. The zero-order valence-corrected chi connectivity index (χ0v) is 22.2. The van der Waals surface area contributed by atoms with Crippen LogP contribution in [0.5, 0.6) is 0 Å². The van der Waals surface area contributed by atoms with E-state index in [1.165, 1.54) is 38.5 Å². The summed E-state index contributed by atoms with van der Waals surface area (Å²) in [6.45, 7) is 16.8. The van der Waals surface area contributed by atoms with Crippen LogP contribution in [0, 0.1) is 56.2 Å². The number of Topliss-reactive ketones (excluding diaryl/α,β-unsaturated/α-hetero) is 2. The lowest BCUT2D eigenvalue weighted by Crippen LogP contribution is -2.70. The first-order valence-electron chi connectivity index (χ1n) is 13.7. The smallest absolute Gasteiger partial charge is 0.147 e. The topological polar surface area (TPSA) is 51.2 Å². The lowest BCUT2D eigenvalue weighted by atomic mass is 9.30. The maximum absolute atomic E-state index is 13.9. The lowest BCUT2D eigenvalue weighted by molar-refractivity contribution is -0.248. The van der Waals surface area contributed by atoms with E-state index in [0.29, 0.717) is 41.9 Å². The molecule has 0 spiro atoms. The van der Waals surface area contributed by atoms with Gasteiger partial charge in [0.05, 0.1) is 5.41 Å². The molecule has 0 saturated heterocycles. The number of hydrogen-bond acceptors (Lipinski definition) is 3. The minimum Gasteiger partial charge on any atom is -0.302 e. The highest BCUT2D eigenvalue weighted by atomic mass is 16.2. The monoisotopic (exact) mass is 454 g/mol. The molecule has 0 aromatic rings. The highest BCUT2D eigenvalue weighted by Crippen LogP contribution is 2.77. The Morgan fingerprint density at radius 1 is 0.788 bits per heavy atom. The van der Waals surface area contributed by atoms with E-state index in [-0.39, 0.29) is 33.7 Å². The van der Waals surface area contributed by atoms with Crippen molar-refractivity contribution in [1.82, 2.24) is 0 Å². The number of rotatable bonds is 1. The Bertz CT molecular complexity index is 904. The molecule has 3 heteroatoms. The van der Waals surface area contributed by atoms with Crippen molar-refractivity contribution in [1.29, 1.82) is 0 Å². The molecule has 5 aliphatic carbocycles. The second-order valence-corrected chi connectivity index (χ2v) is 14.9. The summed E-state index contributed by atoms with van der Waals surface area (Å²) in [5.74, 6) is 0.737. The van der Waals surface area contributed by atoms with E-state index in [0.717, 1.165) is 12.7 Å². The van der Waals surface area contributed by atoms with Crippen molar-refractivity contribution in [2.45, 2.75) is 113 Å². The normalized spacial score (nSPS) is 55.6. The summed E-state index contributed by atoms with van der Waals surface area (Å²) in [5, 5.41) is 0. The third kappa shape index (κ3) is 2.72. The van der Waals surface area contributed by atoms with Crippen molar-refractivity contribution in [3.8, 4) is 0 Å². The molecule has 9 atom stereocenters. The third-order valence-electron chi connectivity index (χ3n) is 13.3. The van der Waals surface area contributed by atoms with Gasteiger partial charge in [0.1, 0.15) is 17.9 Å². The fourth-order valence-corrected chi connectivity index (χ4v) is 10.8. The molecule has 9 unspecified atom stereocenters. The van der Waals surface area contributed by atoms with Gasteiger partial charge in [-0.15, -0.1) is 0 Å². The summed E-state index contributed by atoms with van der Waals surface area (Å²) >= 11 is 0. The quantitative estimate of drug-likeness (QED) is 0.323. The average Bonchev–Trinajstić information content (AvgIpc) is 2.75. The molecule has 184 valence electrons. The number of ketones is 2. The summed E-state index contributed by atoms with van der Waals surface area (Å²) in [6.07, 6.45) is 11.3. The van der Waals surface area contributed by atoms with E-state index in [1.54, 1.807) is 0 Å². The highest BCUT2D eigenvalue weighted by Gasteiger charge is 2.73. The predicted molar refractivity (Wildman–Crippen MR) is 131 cm³/mol. The van der Waals surface area contributed by atoms with Gasteiger partial charge >= 0.3 is 0 Å². The van der Waals surface area contributed by atoms with Crippen LogP contribution in [0.1, 0.15) is 113 Å². The largest absolute Gasteiger partial charge is 0.302 e. The van der Waals surface area contributed by atoms with Crippen molar-refractivity contribution in [3.05, 3.63) is 0 Å². The van der Waals surface area contributed by atoms with Gasteiger partial charge in [-0.25, -0.2) is 0 Å². The van der Waals surface area contributed by atoms with Crippen molar-refractivity contribution < 1.29 is 14.4 Å². The number of hydrogen-bond donors (Lipinski definition) is 0. The molecular formula is C30H46O3. The maximum atomic E-state index is 13.9. The van der Waals surface area contributed by atoms with Crippen molar-refractivity contribution in [3.63, 3.8) is 0 Å². The molecular weight excluding hydrogens is 408 g/mol. The predicted octanol–water partition coefficient (Wildman–Crippen LogP) is 6.82. The highest BCUT2D eigenvalue weighted by molar-refractivity contribution is 6.05. The zero-order chi connectivity index (χ0) is 24.2. The van der Waals surface area contributed by atoms with Gasteiger partial charge in [0.2, 0.25) is 0 Å². The molecule has 5 fully saturated rings. The standard InChI is InChI=1S/C30H46O3/c1-19-20(32)8-9-21-27(5)13-15-29(7)23-17-25(2,3)10-11-26(23,4)12-14-28(29,6)22(27)16-24(33)30(19,21)18-31/h18-19,21-23H,8-17H2,1-7H3. The third-order valence-corrected chi connectivity index (χ3v) is 13.3. The summed E-state index contributed by atoms with van der Waals surface area (Å²) in [7, 11) is 0. The molecule has 5 aliphatic rings. The van der Waals surface area contributed by atoms with Crippen molar-refractivity contribution in [2.24, 2.45) is 56.2 Å². The fraction of sp³-hybridized carbons (Fsp3) is 0.900. The molecule has 5 saturated carbocycles. The van der Waals surface area contributed by atoms with Gasteiger partial charge in [0.25, 0.3) is 0 Å². The molecule has 0 aromatic carbocycles. The zero-order valence-electron chi connectivity index (χ0n) is 22.2. The summed E-state index contributed by atoms with van der Waals surface area (Å²) in [4.78, 5) is 39.3. The van der Waals surface area contributed by atoms with Crippen LogP contribution in [-0.2, 0) is 14.4 Å². The van der Waals surface area contributed by atoms with E-state index in [4.69, 9.17) is 0 Å². The number of fused-ring (bicyclic) bond motifs is 7. The van der Waals surface area contributed by atoms with E-state index in [1.807, 2.05) is 6.92 Å². The maximum Gasteiger partial charge on any atom is 0.147 e. The molecule has 0 aliphatic heterocycles. The second-order valence-electron chi connectivity index (χ2n) is 14.9. The lowest BCUT2D eigenvalue weighted by Gasteiger charge is -2.74. The Morgan fingerprint density at radius 3 is 2.06 bits per heavy atom. The van der Waals surface area contributed by atoms with E-state index in [9.17, 15) is 14.4 Å².